The highest BCUT2D eigenvalue weighted by atomic mass is 19.1. The van der Waals surface area contributed by atoms with Crippen molar-refractivity contribution in [1.29, 1.82) is 0 Å². The Kier molecular flexibility index (Phi) is 4.31. The molecule has 20 heavy (non-hydrogen) atoms. The minimum absolute atomic E-state index is 0.103. The summed E-state index contributed by atoms with van der Waals surface area (Å²) in [6.45, 7) is 4.14. The Hall–Kier alpha value is -1.58. The van der Waals surface area contributed by atoms with Crippen molar-refractivity contribution < 1.29 is 13.9 Å². The van der Waals surface area contributed by atoms with Gasteiger partial charge in [0.05, 0.1) is 12.8 Å². The zero-order valence-corrected chi connectivity index (χ0v) is 12.3. The Morgan fingerprint density at radius 2 is 2.05 bits per heavy atom. The van der Waals surface area contributed by atoms with Gasteiger partial charge < -0.3 is 10.1 Å². The number of anilines is 1. The van der Waals surface area contributed by atoms with Gasteiger partial charge in [0.15, 0.2) is 0 Å². The average molecular weight is 279 g/mol. The van der Waals surface area contributed by atoms with E-state index in [-0.39, 0.29) is 17.7 Å². The fourth-order valence-corrected chi connectivity index (χ4v) is 3.13. The third-order valence-electron chi connectivity index (χ3n) is 4.39. The van der Waals surface area contributed by atoms with Gasteiger partial charge in [0, 0.05) is 0 Å². The van der Waals surface area contributed by atoms with Gasteiger partial charge in [-0.2, -0.15) is 0 Å². The number of ether oxygens (including phenoxy) is 1. The predicted molar refractivity (Wildman–Crippen MR) is 76.9 cm³/mol. The lowest BCUT2D eigenvalue weighted by atomic mass is 9.69. The summed E-state index contributed by atoms with van der Waals surface area (Å²) in [5.41, 5.74) is -0.479. The minimum atomic E-state index is -0.839. The lowest BCUT2D eigenvalue weighted by Crippen LogP contribution is -2.55. The van der Waals surface area contributed by atoms with Crippen LogP contribution in [0.2, 0.25) is 0 Å². The van der Waals surface area contributed by atoms with Crippen molar-refractivity contribution in [2.45, 2.75) is 38.6 Å². The second-order valence-electron chi connectivity index (χ2n) is 5.86. The van der Waals surface area contributed by atoms with Gasteiger partial charge in [-0.3, -0.25) is 0 Å². The number of rotatable bonds is 3. The van der Waals surface area contributed by atoms with Crippen molar-refractivity contribution in [3.05, 3.63) is 30.1 Å². The van der Waals surface area contributed by atoms with Gasteiger partial charge in [0.1, 0.15) is 11.4 Å². The van der Waals surface area contributed by atoms with Crippen molar-refractivity contribution in [2.24, 2.45) is 11.8 Å². The number of esters is 1. The summed E-state index contributed by atoms with van der Waals surface area (Å²) in [6, 6.07) is 6.45. The first-order valence-corrected chi connectivity index (χ1v) is 7.10. The molecule has 3 unspecified atom stereocenters. The number of carbonyl (C=O) groups is 1. The maximum Gasteiger partial charge on any atom is 0.331 e. The molecule has 1 aliphatic rings. The third-order valence-corrected chi connectivity index (χ3v) is 4.39. The summed E-state index contributed by atoms with van der Waals surface area (Å²) in [7, 11) is 1.39. The summed E-state index contributed by atoms with van der Waals surface area (Å²) < 4.78 is 18.9. The van der Waals surface area contributed by atoms with E-state index >= 15 is 0 Å². The molecule has 4 heteroatoms. The zero-order valence-electron chi connectivity index (χ0n) is 12.3. The van der Waals surface area contributed by atoms with E-state index in [1.165, 1.54) is 13.2 Å². The van der Waals surface area contributed by atoms with E-state index in [4.69, 9.17) is 4.74 Å². The molecule has 110 valence electrons. The lowest BCUT2D eigenvalue weighted by molar-refractivity contribution is -0.150. The summed E-state index contributed by atoms with van der Waals surface area (Å²) >= 11 is 0. The minimum Gasteiger partial charge on any atom is -0.467 e. The molecule has 3 nitrogen and oxygen atoms in total. The van der Waals surface area contributed by atoms with Gasteiger partial charge in [-0.15, -0.1) is 0 Å². The average Bonchev–Trinajstić information content (AvgIpc) is 2.44. The number of nitrogens with one attached hydrogen (secondary N) is 1. The first-order chi connectivity index (χ1) is 9.49. The summed E-state index contributed by atoms with van der Waals surface area (Å²) in [5, 5.41) is 3.14. The molecule has 0 bridgehead atoms. The zero-order chi connectivity index (χ0) is 14.8. The Morgan fingerprint density at radius 1 is 1.35 bits per heavy atom. The number of carbonyl (C=O) groups excluding carboxylic acids is 1. The van der Waals surface area contributed by atoms with Gasteiger partial charge >= 0.3 is 5.97 Å². The van der Waals surface area contributed by atoms with Gasteiger partial charge in [-0.25, -0.2) is 9.18 Å². The molecule has 0 amide bonds. The Balaban J connectivity index is 2.37. The summed E-state index contributed by atoms with van der Waals surface area (Å²) in [4.78, 5) is 12.4. The van der Waals surface area contributed by atoms with Crippen LogP contribution in [-0.2, 0) is 9.53 Å². The molecule has 1 aromatic rings. The SMILES string of the molecule is COC(=O)C1(Nc2ccccc2F)CC(C)CCC1C. The van der Waals surface area contributed by atoms with Gasteiger partial charge in [0.25, 0.3) is 0 Å². The summed E-state index contributed by atoms with van der Waals surface area (Å²) in [6.07, 6.45) is 2.67. The molecule has 0 saturated heterocycles. The van der Waals surface area contributed by atoms with Crippen LogP contribution in [0.5, 0.6) is 0 Å². The molecule has 1 aliphatic carbocycles. The Morgan fingerprint density at radius 3 is 2.70 bits per heavy atom. The van der Waals surface area contributed by atoms with Crippen molar-refractivity contribution in [1.82, 2.24) is 0 Å². The molecule has 0 radical (unpaired) electrons. The highest BCUT2D eigenvalue weighted by Crippen LogP contribution is 2.40. The first-order valence-electron chi connectivity index (χ1n) is 7.10. The van der Waals surface area contributed by atoms with Crippen LogP contribution in [-0.4, -0.2) is 18.6 Å². The Bertz CT molecular complexity index is 491. The van der Waals surface area contributed by atoms with E-state index in [9.17, 15) is 9.18 Å². The smallest absolute Gasteiger partial charge is 0.331 e. The third kappa shape index (κ3) is 2.65. The normalized spacial score (nSPS) is 29.8. The first kappa shape index (κ1) is 14.8. The molecule has 3 atom stereocenters. The second kappa shape index (κ2) is 5.81. The van der Waals surface area contributed by atoms with E-state index in [0.29, 0.717) is 18.0 Å². The molecule has 2 rings (SSSR count). The molecule has 0 spiro atoms. The van der Waals surface area contributed by atoms with Crippen molar-refractivity contribution >= 4 is 11.7 Å². The van der Waals surface area contributed by atoms with Crippen LogP contribution in [0.25, 0.3) is 0 Å². The molecule has 0 aromatic heterocycles. The number of hydrogen-bond donors (Lipinski definition) is 1. The Labute approximate surface area is 119 Å². The van der Waals surface area contributed by atoms with Gasteiger partial charge in [-0.1, -0.05) is 32.4 Å². The fourth-order valence-electron chi connectivity index (χ4n) is 3.13. The lowest BCUT2D eigenvalue weighted by Gasteiger charge is -2.43. The van der Waals surface area contributed by atoms with E-state index in [1.54, 1.807) is 18.2 Å². The molecular formula is C16H22FNO2. The van der Waals surface area contributed by atoms with Crippen LogP contribution in [0.15, 0.2) is 24.3 Å². The van der Waals surface area contributed by atoms with Gasteiger partial charge in [-0.05, 0) is 36.8 Å². The van der Waals surface area contributed by atoms with E-state index < -0.39 is 5.54 Å². The van der Waals surface area contributed by atoms with Crippen molar-refractivity contribution in [2.75, 3.05) is 12.4 Å². The van der Waals surface area contributed by atoms with Crippen LogP contribution in [0.1, 0.15) is 33.1 Å². The molecular weight excluding hydrogens is 257 g/mol. The van der Waals surface area contributed by atoms with Crippen LogP contribution in [0, 0.1) is 17.7 Å². The van der Waals surface area contributed by atoms with Gasteiger partial charge in [0.2, 0.25) is 0 Å². The van der Waals surface area contributed by atoms with Crippen LogP contribution < -0.4 is 5.32 Å². The number of methoxy groups -OCH3 is 1. The summed E-state index contributed by atoms with van der Waals surface area (Å²) in [5.74, 6) is -0.142. The van der Waals surface area contributed by atoms with Crippen LogP contribution >= 0.6 is 0 Å². The second-order valence-corrected chi connectivity index (χ2v) is 5.86. The number of hydrogen-bond acceptors (Lipinski definition) is 3. The van der Waals surface area contributed by atoms with E-state index in [0.717, 1.165) is 12.8 Å². The monoisotopic (exact) mass is 279 g/mol. The standard InChI is InChI=1S/C16H22FNO2/c1-11-8-9-12(2)16(10-11,15(19)20-3)18-14-7-5-4-6-13(14)17/h4-7,11-12,18H,8-10H2,1-3H3. The van der Waals surface area contributed by atoms with Crippen molar-refractivity contribution in [3.63, 3.8) is 0 Å². The molecule has 1 aromatic carbocycles. The fraction of sp³-hybridized carbons (Fsp3) is 0.562. The molecule has 1 saturated carbocycles. The highest BCUT2D eigenvalue weighted by Gasteiger charge is 2.48. The predicted octanol–water partition coefficient (Wildman–Crippen LogP) is 3.61. The molecule has 0 aliphatic heterocycles. The maximum absolute atomic E-state index is 13.9. The molecule has 0 heterocycles. The quantitative estimate of drug-likeness (QED) is 0.859. The highest BCUT2D eigenvalue weighted by molar-refractivity contribution is 5.85. The van der Waals surface area contributed by atoms with Crippen LogP contribution in [0.3, 0.4) is 0 Å². The maximum atomic E-state index is 13.9. The molecule has 1 N–H and O–H groups in total. The van der Waals surface area contributed by atoms with E-state index in [2.05, 4.69) is 12.2 Å². The molecule has 1 fully saturated rings. The van der Waals surface area contributed by atoms with Crippen LogP contribution in [0.4, 0.5) is 10.1 Å². The van der Waals surface area contributed by atoms with Crippen molar-refractivity contribution in [3.8, 4) is 0 Å². The number of para-hydroxylation sites is 1. The van der Waals surface area contributed by atoms with E-state index in [1.807, 2.05) is 6.92 Å². The topological polar surface area (TPSA) is 38.3 Å². The number of benzene rings is 1. The largest absolute Gasteiger partial charge is 0.467 e. The number of halogens is 1.